The quantitative estimate of drug-likeness (QED) is 0.467. The van der Waals surface area contributed by atoms with Crippen LogP contribution in [-0.4, -0.2) is 0 Å². The Labute approximate surface area is 157 Å². The molecule has 0 radical (unpaired) electrons. The summed E-state index contributed by atoms with van der Waals surface area (Å²) >= 11 is 0. The van der Waals surface area contributed by atoms with Crippen LogP contribution >= 0.6 is 0 Å². The van der Waals surface area contributed by atoms with E-state index in [0.29, 0.717) is 23.3 Å². The zero-order valence-electron chi connectivity index (χ0n) is 15.1. The van der Waals surface area contributed by atoms with Crippen LogP contribution < -0.4 is 10.2 Å². The number of fused-ring (bicyclic) bond motifs is 1. The van der Waals surface area contributed by atoms with E-state index in [1.807, 2.05) is 78.9 Å². The van der Waals surface area contributed by atoms with Crippen molar-refractivity contribution in [2.45, 2.75) is 20.0 Å². The number of hydrogen-bond donors (Lipinski definition) is 0. The van der Waals surface area contributed by atoms with Gasteiger partial charge in [-0.25, -0.2) is 0 Å². The lowest BCUT2D eigenvalue weighted by Gasteiger charge is -2.12. The fourth-order valence-electron chi connectivity index (χ4n) is 3.09. The first kappa shape index (κ1) is 17.1. The molecule has 0 N–H and O–H groups in total. The highest BCUT2D eigenvalue weighted by Gasteiger charge is 2.18. The van der Waals surface area contributed by atoms with Gasteiger partial charge in [-0.05, 0) is 29.7 Å². The fourth-order valence-corrected chi connectivity index (χ4v) is 3.09. The molecule has 4 rings (SSSR count). The molecule has 27 heavy (non-hydrogen) atoms. The van der Waals surface area contributed by atoms with Crippen molar-refractivity contribution in [3.63, 3.8) is 0 Å². The first-order valence-electron chi connectivity index (χ1n) is 9.08. The Kier molecular flexibility index (Phi) is 4.75. The van der Waals surface area contributed by atoms with E-state index in [9.17, 15) is 4.79 Å². The van der Waals surface area contributed by atoms with Crippen molar-refractivity contribution in [2.75, 3.05) is 0 Å². The van der Waals surface area contributed by atoms with E-state index in [-0.39, 0.29) is 11.2 Å². The predicted octanol–water partition coefficient (Wildman–Crippen LogP) is 5.60. The molecular formula is C24H20O3. The monoisotopic (exact) mass is 356 g/mol. The van der Waals surface area contributed by atoms with Crippen molar-refractivity contribution in [3.05, 3.63) is 100 Å². The van der Waals surface area contributed by atoms with Crippen molar-refractivity contribution in [2.24, 2.45) is 0 Å². The minimum atomic E-state index is -0.138. The molecule has 0 unspecified atom stereocenters. The third-order valence-electron chi connectivity index (χ3n) is 4.58. The Morgan fingerprint density at radius 1 is 0.852 bits per heavy atom. The Hall–Kier alpha value is -3.33. The van der Waals surface area contributed by atoms with Gasteiger partial charge in [-0.3, -0.25) is 4.79 Å². The summed E-state index contributed by atoms with van der Waals surface area (Å²) in [6.45, 7) is 2.37. The SMILES string of the molecule is CCc1ccc2oc(-c3ccccc3)c(OCc3ccccc3)c(=O)c2c1. The van der Waals surface area contributed by atoms with E-state index in [1.165, 1.54) is 0 Å². The molecule has 1 aromatic heterocycles. The van der Waals surface area contributed by atoms with Gasteiger partial charge in [0.25, 0.3) is 0 Å². The molecule has 3 nitrogen and oxygen atoms in total. The maximum atomic E-state index is 13.2. The van der Waals surface area contributed by atoms with E-state index >= 15 is 0 Å². The highest BCUT2D eigenvalue weighted by atomic mass is 16.5. The second-order valence-corrected chi connectivity index (χ2v) is 6.41. The smallest absolute Gasteiger partial charge is 0.235 e. The van der Waals surface area contributed by atoms with Gasteiger partial charge in [-0.1, -0.05) is 73.7 Å². The van der Waals surface area contributed by atoms with Crippen LogP contribution in [0.2, 0.25) is 0 Å². The van der Waals surface area contributed by atoms with Crippen LogP contribution in [-0.2, 0) is 13.0 Å². The summed E-state index contributed by atoms with van der Waals surface area (Å²) in [6.07, 6.45) is 0.857. The summed E-state index contributed by atoms with van der Waals surface area (Å²) in [5.41, 5.74) is 3.35. The molecule has 3 aromatic carbocycles. The lowest BCUT2D eigenvalue weighted by molar-refractivity contribution is 0.298. The van der Waals surface area contributed by atoms with Gasteiger partial charge in [0.15, 0.2) is 5.76 Å². The minimum Gasteiger partial charge on any atom is -0.481 e. The third-order valence-corrected chi connectivity index (χ3v) is 4.58. The number of ether oxygens (including phenoxy) is 1. The number of benzene rings is 3. The summed E-state index contributed by atoms with van der Waals surface area (Å²) in [6, 6.07) is 25.1. The van der Waals surface area contributed by atoms with Crippen LogP contribution in [0.15, 0.2) is 88.1 Å². The van der Waals surface area contributed by atoms with Crippen LogP contribution in [0.4, 0.5) is 0 Å². The lowest BCUT2D eigenvalue weighted by atomic mass is 10.1. The average Bonchev–Trinajstić information content (AvgIpc) is 2.74. The Bertz CT molecular complexity index is 1110. The summed E-state index contributed by atoms with van der Waals surface area (Å²) < 4.78 is 12.1. The topological polar surface area (TPSA) is 39.4 Å². The molecule has 0 amide bonds. The van der Waals surface area contributed by atoms with Gasteiger partial charge >= 0.3 is 0 Å². The molecule has 0 saturated carbocycles. The fraction of sp³-hybridized carbons (Fsp3) is 0.125. The predicted molar refractivity (Wildman–Crippen MR) is 108 cm³/mol. The number of hydrogen-bond acceptors (Lipinski definition) is 3. The molecule has 3 heteroatoms. The van der Waals surface area contributed by atoms with Crippen molar-refractivity contribution >= 4 is 11.0 Å². The maximum Gasteiger partial charge on any atom is 0.235 e. The summed E-state index contributed by atoms with van der Waals surface area (Å²) in [5.74, 6) is 0.721. The van der Waals surface area contributed by atoms with Gasteiger partial charge in [-0.2, -0.15) is 0 Å². The Morgan fingerprint density at radius 3 is 2.26 bits per heavy atom. The molecule has 0 spiro atoms. The molecule has 0 bridgehead atoms. The number of rotatable bonds is 5. The van der Waals surface area contributed by atoms with Crippen LogP contribution in [0.3, 0.4) is 0 Å². The lowest BCUT2D eigenvalue weighted by Crippen LogP contribution is -2.10. The first-order valence-corrected chi connectivity index (χ1v) is 9.08. The van der Waals surface area contributed by atoms with Gasteiger partial charge in [-0.15, -0.1) is 0 Å². The van der Waals surface area contributed by atoms with Crippen LogP contribution in [0.25, 0.3) is 22.3 Å². The maximum absolute atomic E-state index is 13.2. The summed E-state index contributed by atoms with van der Waals surface area (Å²) in [4.78, 5) is 13.2. The molecule has 4 aromatic rings. The van der Waals surface area contributed by atoms with E-state index < -0.39 is 0 Å². The third kappa shape index (κ3) is 3.49. The molecule has 134 valence electrons. The normalized spacial score (nSPS) is 10.9. The van der Waals surface area contributed by atoms with Gasteiger partial charge in [0.1, 0.15) is 12.2 Å². The van der Waals surface area contributed by atoms with E-state index in [1.54, 1.807) is 0 Å². The second-order valence-electron chi connectivity index (χ2n) is 6.41. The molecule has 0 aliphatic carbocycles. The van der Waals surface area contributed by atoms with Crippen LogP contribution in [0.1, 0.15) is 18.1 Å². The van der Waals surface area contributed by atoms with Crippen molar-refractivity contribution in [1.82, 2.24) is 0 Å². The molecule has 1 heterocycles. The van der Waals surface area contributed by atoms with E-state index in [0.717, 1.165) is 23.1 Å². The van der Waals surface area contributed by atoms with Crippen LogP contribution in [0, 0.1) is 0 Å². The van der Waals surface area contributed by atoms with Crippen molar-refractivity contribution in [1.29, 1.82) is 0 Å². The molecule has 0 aliphatic rings. The van der Waals surface area contributed by atoms with Gasteiger partial charge in [0.2, 0.25) is 11.2 Å². The Morgan fingerprint density at radius 2 is 1.56 bits per heavy atom. The van der Waals surface area contributed by atoms with Crippen molar-refractivity contribution < 1.29 is 9.15 Å². The molecule has 0 saturated heterocycles. The summed E-state index contributed by atoms with van der Waals surface area (Å²) in [5, 5.41) is 0.553. The minimum absolute atomic E-state index is 0.138. The molecular weight excluding hydrogens is 336 g/mol. The van der Waals surface area contributed by atoms with Crippen molar-refractivity contribution in [3.8, 4) is 17.1 Å². The van der Waals surface area contributed by atoms with Gasteiger partial charge < -0.3 is 9.15 Å². The van der Waals surface area contributed by atoms with Gasteiger partial charge in [0.05, 0.1) is 5.39 Å². The zero-order valence-corrected chi connectivity index (χ0v) is 15.1. The largest absolute Gasteiger partial charge is 0.481 e. The Balaban J connectivity index is 1.87. The second kappa shape index (κ2) is 7.50. The zero-order chi connectivity index (χ0) is 18.6. The molecule has 0 atom stereocenters. The highest BCUT2D eigenvalue weighted by Crippen LogP contribution is 2.31. The van der Waals surface area contributed by atoms with Gasteiger partial charge in [0, 0.05) is 5.56 Å². The first-order chi connectivity index (χ1) is 13.3. The summed E-state index contributed by atoms with van der Waals surface area (Å²) in [7, 11) is 0. The van der Waals surface area contributed by atoms with E-state index in [4.69, 9.17) is 9.15 Å². The van der Waals surface area contributed by atoms with Crippen LogP contribution in [0.5, 0.6) is 5.75 Å². The number of aryl methyl sites for hydroxylation is 1. The van der Waals surface area contributed by atoms with E-state index in [2.05, 4.69) is 6.92 Å². The average molecular weight is 356 g/mol. The standard InChI is InChI=1S/C24H20O3/c1-2-17-13-14-21-20(15-17)22(25)24(26-16-18-9-5-3-6-10-18)23(27-21)19-11-7-4-8-12-19/h3-15H,2,16H2,1H3. The molecule has 0 aliphatic heterocycles. The highest BCUT2D eigenvalue weighted by molar-refractivity contribution is 5.82. The molecule has 0 fully saturated rings.